The number of aryl methyl sites for hydroxylation is 1. The molecule has 21 heavy (non-hydrogen) atoms. The molecule has 3 rings (SSSR count). The van der Waals surface area contributed by atoms with Crippen LogP contribution in [0.5, 0.6) is 0 Å². The van der Waals surface area contributed by atoms with Gasteiger partial charge in [-0.25, -0.2) is 4.39 Å². The Morgan fingerprint density at radius 2 is 2.10 bits per heavy atom. The molecule has 0 saturated heterocycles. The van der Waals surface area contributed by atoms with Gasteiger partial charge in [-0.15, -0.1) is 0 Å². The predicted octanol–water partition coefficient (Wildman–Crippen LogP) is 4.04. The smallest absolute Gasteiger partial charge is 0.256 e. The highest BCUT2D eigenvalue weighted by atomic mass is 35.5. The number of nitrogens with zero attached hydrogens (tertiary/aromatic N) is 2. The number of hydrogen-bond donors (Lipinski definition) is 1. The highest BCUT2D eigenvalue weighted by Gasteiger charge is 2.15. The average Bonchev–Trinajstić information content (AvgIpc) is 2.90. The first-order chi connectivity index (χ1) is 10.1. The van der Waals surface area contributed by atoms with Crippen molar-refractivity contribution < 1.29 is 9.18 Å². The molecule has 0 aliphatic heterocycles. The molecule has 0 bridgehead atoms. The molecule has 4 nitrogen and oxygen atoms in total. The molecule has 7 heteroatoms. The summed E-state index contributed by atoms with van der Waals surface area (Å²) in [7, 11) is 0. The van der Waals surface area contributed by atoms with E-state index in [0.717, 1.165) is 11.7 Å². The number of halogens is 2. The Labute approximate surface area is 128 Å². The number of anilines is 1. The van der Waals surface area contributed by atoms with Crippen LogP contribution in [0.25, 0.3) is 11.0 Å². The summed E-state index contributed by atoms with van der Waals surface area (Å²) in [6.45, 7) is 1.67. The van der Waals surface area contributed by atoms with Gasteiger partial charge in [0.1, 0.15) is 16.9 Å². The molecule has 0 radical (unpaired) electrons. The quantitative estimate of drug-likeness (QED) is 0.775. The Bertz CT molecular complexity index is 849. The van der Waals surface area contributed by atoms with Gasteiger partial charge in [-0.3, -0.25) is 4.79 Å². The molecule has 1 amide bonds. The first-order valence-corrected chi connectivity index (χ1v) is 7.15. The van der Waals surface area contributed by atoms with Crippen LogP contribution in [-0.4, -0.2) is 14.7 Å². The van der Waals surface area contributed by atoms with Gasteiger partial charge in [0.05, 0.1) is 22.4 Å². The Hall–Kier alpha value is -2.05. The molecule has 0 fully saturated rings. The van der Waals surface area contributed by atoms with Crippen LogP contribution in [0.2, 0.25) is 5.02 Å². The maximum atomic E-state index is 13.1. The maximum Gasteiger partial charge on any atom is 0.256 e. The maximum absolute atomic E-state index is 13.1. The van der Waals surface area contributed by atoms with E-state index in [1.54, 1.807) is 19.1 Å². The van der Waals surface area contributed by atoms with Crippen LogP contribution in [0.3, 0.4) is 0 Å². The van der Waals surface area contributed by atoms with Gasteiger partial charge in [0.25, 0.3) is 5.91 Å². The Balaban J connectivity index is 2.00. The van der Waals surface area contributed by atoms with Crippen molar-refractivity contribution in [1.82, 2.24) is 8.75 Å². The molecule has 0 atom stereocenters. The third-order valence-corrected chi connectivity index (χ3v) is 3.91. The second-order valence-electron chi connectivity index (χ2n) is 4.47. The number of rotatable bonds is 2. The van der Waals surface area contributed by atoms with E-state index in [1.807, 2.05) is 0 Å². The van der Waals surface area contributed by atoms with E-state index in [9.17, 15) is 9.18 Å². The molecule has 0 aliphatic rings. The van der Waals surface area contributed by atoms with Crippen LogP contribution in [-0.2, 0) is 0 Å². The standard InChI is InChI=1S/C14H9ClFN3OS/c1-7-6-8(16)2-3-9(7)14(20)17-12-10(15)4-5-11-13(12)19-21-18-11/h2-6H,1H3,(H,17,20). The number of carbonyl (C=O) groups excluding carboxylic acids is 1. The largest absolute Gasteiger partial charge is 0.319 e. The summed E-state index contributed by atoms with van der Waals surface area (Å²) in [6, 6.07) is 7.38. The van der Waals surface area contributed by atoms with Crippen LogP contribution >= 0.6 is 23.3 Å². The van der Waals surface area contributed by atoms with Crippen molar-refractivity contribution in [2.45, 2.75) is 6.92 Å². The van der Waals surface area contributed by atoms with E-state index in [2.05, 4.69) is 14.1 Å². The average molecular weight is 322 g/mol. The zero-order chi connectivity index (χ0) is 15.0. The van der Waals surface area contributed by atoms with E-state index in [-0.39, 0.29) is 11.7 Å². The minimum absolute atomic E-state index is 0.366. The predicted molar refractivity (Wildman–Crippen MR) is 81.5 cm³/mol. The minimum Gasteiger partial charge on any atom is -0.319 e. The number of amides is 1. The van der Waals surface area contributed by atoms with Gasteiger partial charge in [-0.05, 0) is 42.8 Å². The third kappa shape index (κ3) is 2.59. The number of nitrogens with one attached hydrogen (secondary N) is 1. The second-order valence-corrected chi connectivity index (χ2v) is 5.40. The van der Waals surface area contributed by atoms with Crippen LogP contribution < -0.4 is 5.32 Å². The fourth-order valence-corrected chi connectivity index (χ4v) is 2.75. The first kappa shape index (κ1) is 13.9. The summed E-state index contributed by atoms with van der Waals surface area (Å²) in [5.74, 6) is -0.747. The number of carbonyl (C=O) groups is 1. The van der Waals surface area contributed by atoms with Crippen molar-refractivity contribution in [1.29, 1.82) is 0 Å². The zero-order valence-electron chi connectivity index (χ0n) is 10.9. The monoisotopic (exact) mass is 321 g/mol. The van der Waals surface area contributed by atoms with Gasteiger partial charge in [0.2, 0.25) is 0 Å². The van der Waals surface area contributed by atoms with E-state index in [1.165, 1.54) is 18.2 Å². The van der Waals surface area contributed by atoms with Crippen molar-refractivity contribution >= 4 is 46.0 Å². The first-order valence-electron chi connectivity index (χ1n) is 6.04. The lowest BCUT2D eigenvalue weighted by atomic mass is 10.1. The summed E-state index contributed by atoms with van der Waals surface area (Å²) in [5, 5.41) is 3.10. The third-order valence-electron chi connectivity index (χ3n) is 3.05. The van der Waals surface area contributed by atoms with Gasteiger partial charge < -0.3 is 5.32 Å². The topological polar surface area (TPSA) is 54.9 Å². The normalized spacial score (nSPS) is 10.8. The van der Waals surface area contributed by atoms with E-state index < -0.39 is 0 Å². The molecule has 1 aromatic heterocycles. The molecule has 3 aromatic rings. The van der Waals surface area contributed by atoms with E-state index in [4.69, 9.17) is 11.6 Å². The summed E-state index contributed by atoms with van der Waals surface area (Å²) < 4.78 is 21.3. The Morgan fingerprint density at radius 1 is 1.29 bits per heavy atom. The number of hydrogen-bond acceptors (Lipinski definition) is 4. The number of aromatic nitrogens is 2. The fourth-order valence-electron chi connectivity index (χ4n) is 2.01. The molecular weight excluding hydrogens is 313 g/mol. The lowest BCUT2D eigenvalue weighted by molar-refractivity contribution is 0.102. The van der Waals surface area contributed by atoms with Crippen LogP contribution in [0.4, 0.5) is 10.1 Å². The summed E-state index contributed by atoms with van der Waals surface area (Å²) in [5.41, 5.74) is 2.55. The molecular formula is C14H9ClFN3OS. The van der Waals surface area contributed by atoms with E-state index in [0.29, 0.717) is 32.9 Å². The second kappa shape index (κ2) is 5.38. The lowest BCUT2D eigenvalue weighted by Gasteiger charge is -2.09. The number of fused-ring (bicyclic) bond motifs is 1. The van der Waals surface area contributed by atoms with Gasteiger partial charge in [-0.2, -0.15) is 8.75 Å². The number of benzene rings is 2. The van der Waals surface area contributed by atoms with Crippen LogP contribution in [0.1, 0.15) is 15.9 Å². The van der Waals surface area contributed by atoms with Gasteiger partial charge in [-0.1, -0.05) is 11.6 Å². The minimum atomic E-state index is -0.382. The van der Waals surface area contributed by atoms with Crippen molar-refractivity contribution in [2.24, 2.45) is 0 Å². The lowest BCUT2D eigenvalue weighted by Crippen LogP contribution is -2.14. The summed E-state index contributed by atoms with van der Waals surface area (Å²) in [4.78, 5) is 12.3. The summed E-state index contributed by atoms with van der Waals surface area (Å²) >= 11 is 7.16. The summed E-state index contributed by atoms with van der Waals surface area (Å²) in [6.07, 6.45) is 0. The fraction of sp³-hybridized carbons (Fsp3) is 0.0714. The molecule has 0 unspecified atom stereocenters. The van der Waals surface area contributed by atoms with Crippen LogP contribution in [0.15, 0.2) is 30.3 Å². The molecule has 106 valence electrons. The highest BCUT2D eigenvalue weighted by molar-refractivity contribution is 7.00. The van der Waals surface area contributed by atoms with Gasteiger partial charge in [0.15, 0.2) is 0 Å². The SMILES string of the molecule is Cc1cc(F)ccc1C(=O)Nc1c(Cl)ccc2nsnc12. The van der Waals surface area contributed by atoms with Crippen molar-refractivity contribution in [3.8, 4) is 0 Å². The van der Waals surface area contributed by atoms with Gasteiger partial charge in [0, 0.05) is 5.56 Å². The molecule has 2 aromatic carbocycles. The van der Waals surface area contributed by atoms with Gasteiger partial charge >= 0.3 is 0 Å². The zero-order valence-corrected chi connectivity index (χ0v) is 12.4. The van der Waals surface area contributed by atoms with E-state index >= 15 is 0 Å². The highest BCUT2D eigenvalue weighted by Crippen LogP contribution is 2.30. The van der Waals surface area contributed by atoms with Crippen molar-refractivity contribution in [3.63, 3.8) is 0 Å². The molecule has 1 heterocycles. The van der Waals surface area contributed by atoms with Crippen molar-refractivity contribution in [3.05, 3.63) is 52.3 Å². The Morgan fingerprint density at radius 3 is 2.86 bits per heavy atom. The Kier molecular flexibility index (Phi) is 3.57. The van der Waals surface area contributed by atoms with Crippen molar-refractivity contribution in [2.75, 3.05) is 5.32 Å². The van der Waals surface area contributed by atoms with Crippen LogP contribution in [0, 0.1) is 12.7 Å². The molecule has 0 aliphatic carbocycles. The molecule has 1 N–H and O–H groups in total. The molecule has 0 saturated carbocycles. The molecule has 0 spiro atoms.